The molecule has 1 atom stereocenters. The average molecular weight is 445 g/mol. The van der Waals surface area contributed by atoms with Gasteiger partial charge in [-0.3, -0.25) is 4.79 Å². The number of hydrogen-bond donors (Lipinski definition) is 1. The predicted octanol–water partition coefficient (Wildman–Crippen LogP) is 4.45. The normalized spacial score (nSPS) is 11.8. The summed E-state index contributed by atoms with van der Waals surface area (Å²) in [6.45, 7) is 3.04. The summed E-state index contributed by atoms with van der Waals surface area (Å²) in [6.07, 6.45) is 0.970. The molecule has 1 aromatic heterocycles. The van der Waals surface area contributed by atoms with E-state index in [1.165, 1.54) is 17.3 Å². The zero-order valence-corrected chi connectivity index (χ0v) is 18.6. The third kappa shape index (κ3) is 6.24. The van der Waals surface area contributed by atoms with E-state index in [4.69, 9.17) is 16.3 Å². The molecule has 1 heterocycles. The lowest BCUT2D eigenvalue weighted by Gasteiger charge is -2.16. The Bertz CT molecular complexity index is 948. The van der Waals surface area contributed by atoms with Crippen molar-refractivity contribution in [2.24, 2.45) is 7.05 Å². The molecule has 0 aliphatic rings. The number of carbonyl (C=O) groups excluding carboxylic acids is 1. The highest BCUT2D eigenvalue weighted by atomic mass is 35.5. The first-order valence-corrected chi connectivity index (χ1v) is 11.1. The fourth-order valence-corrected chi connectivity index (χ4v) is 3.80. The lowest BCUT2D eigenvalue weighted by molar-refractivity contribution is -0.118. The Morgan fingerprint density at radius 3 is 2.60 bits per heavy atom. The van der Waals surface area contributed by atoms with Crippen molar-refractivity contribution >= 4 is 29.3 Å². The number of nitrogens with one attached hydrogen (secondary N) is 1. The lowest BCUT2D eigenvalue weighted by atomic mass is 9.96. The third-order valence-corrected chi connectivity index (χ3v) is 6.02. The minimum Gasteiger partial charge on any atom is -0.486 e. The minimum absolute atomic E-state index is 0.0173. The Morgan fingerprint density at radius 2 is 1.90 bits per heavy atom. The summed E-state index contributed by atoms with van der Waals surface area (Å²) in [4.78, 5) is 12.3. The van der Waals surface area contributed by atoms with Gasteiger partial charge in [0.15, 0.2) is 11.0 Å². The molecule has 0 radical (unpaired) electrons. The molecule has 0 unspecified atom stereocenters. The number of nitrogens with zero attached hydrogens (tertiary/aromatic N) is 3. The molecule has 0 fully saturated rings. The molecule has 2 aromatic carbocycles. The average Bonchev–Trinajstić information content (AvgIpc) is 3.12. The van der Waals surface area contributed by atoms with Gasteiger partial charge in [-0.05, 0) is 36.2 Å². The Balaban J connectivity index is 1.46. The molecule has 1 amide bonds. The van der Waals surface area contributed by atoms with Crippen molar-refractivity contribution < 1.29 is 9.53 Å². The van der Waals surface area contributed by atoms with Gasteiger partial charge >= 0.3 is 0 Å². The van der Waals surface area contributed by atoms with Crippen LogP contribution in [0.25, 0.3) is 0 Å². The highest BCUT2D eigenvalue weighted by Gasteiger charge is 2.14. The van der Waals surface area contributed by atoms with E-state index >= 15 is 0 Å². The summed E-state index contributed by atoms with van der Waals surface area (Å²) < 4.78 is 7.56. The van der Waals surface area contributed by atoms with Gasteiger partial charge in [0.2, 0.25) is 5.91 Å². The highest BCUT2D eigenvalue weighted by molar-refractivity contribution is 7.99. The number of benzene rings is 2. The molecule has 0 spiro atoms. The summed E-state index contributed by atoms with van der Waals surface area (Å²) in [5.74, 6) is 1.97. The van der Waals surface area contributed by atoms with Crippen molar-refractivity contribution in [2.75, 3.05) is 12.3 Å². The molecule has 3 aromatic rings. The smallest absolute Gasteiger partial charge is 0.230 e. The first-order chi connectivity index (χ1) is 14.6. The molecule has 8 heteroatoms. The maximum absolute atomic E-state index is 12.3. The first kappa shape index (κ1) is 22.2. The van der Waals surface area contributed by atoms with E-state index < -0.39 is 0 Å². The zero-order valence-electron chi connectivity index (χ0n) is 17.0. The summed E-state index contributed by atoms with van der Waals surface area (Å²) in [5.41, 5.74) is 1.24. The first-order valence-electron chi connectivity index (χ1n) is 9.78. The number of halogens is 1. The second-order valence-corrected chi connectivity index (χ2v) is 8.19. The van der Waals surface area contributed by atoms with E-state index in [0.717, 1.165) is 6.42 Å². The second kappa shape index (κ2) is 11.0. The van der Waals surface area contributed by atoms with Gasteiger partial charge in [-0.1, -0.05) is 60.6 Å². The predicted molar refractivity (Wildman–Crippen MR) is 120 cm³/mol. The summed E-state index contributed by atoms with van der Waals surface area (Å²) in [6, 6.07) is 17.4. The van der Waals surface area contributed by atoms with E-state index in [-0.39, 0.29) is 18.3 Å². The van der Waals surface area contributed by atoms with Crippen molar-refractivity contribution in [3.63, 3.8) is 0 Å². The largest absolute Gasteiger partial charge is 0.486 e. The number of thioether (sulfide) groups is 1. The molecule has 0 saturated carbocycles. The summed E-state index contributed by atoms with van der Waals surface area (Å²) in [5, 5.41) is 12.7. The molecule has 0 aliphatic heterocycles. The Labute approximate surface area is 186 Å². The van der Waals surface area contributed by atoms with Gasteiger partial charge in [0.1, 0.15) is 12.4 Å². The molecule has 1 N–H and O–H groups in total. The number of hydrogen-bond acceptors (Lipinski definition) is 5. The van der Waals surface area contributed by atoms with Gasteiger partial charge in [0, 0.05) is 24.5 Å². The molecule has 6 nitrogen and oxygen atoms in total. The van der Waals surface area contributed by atoms with Gasteiger partial charge in [-0.25, -0.2) is 0 Å². The number of ether oxygens (including phenoxy) is 1. The Kier molecular flexibility index (Phi) is 8.16. The minimum atomic E-state index is -0.0173. The molecule has 0 saturated heterocycles. The van der Waals surface area contributed by atoms with Crippen molar-refractivity contribution in [1.82, 2.24) is 20.1 Å². The van der Waals surface area contributed by atoms with Crippen LogP contribution in [-0.2, 0) is 18.4 Å². The molecule has 0 aliphatic carbocycles. The molecule has 0 bridgehead atoms. The van der Waals surface area contributed by atoms with Crippen molar-refractivity contribution in [1.29, 1.82) is 0 Å². The van der Waals surface area contributed by atoms with Gasteiger partial charge in [-0.2, -0.15) is 0 Å². The van der Waals surface area contributed by atoms with Crippen LogP contribution in [-0.4, -0.2) is 33.0 Å². The van der Waals surface area contributed by atoms with E-state index in [0.29, 0.717) is 34.2 Å². The summed E-state index contributed by atoms with van der Waals surface area (Å²) in [7, 11) is 1.86. The van der Waals surface area contributed by atoms with E-state index in [9.17, 15) is 4.79 Å². The van der Waals surface area contributed by atoms with Crippen LogP contribution in [0.4, 0.5) is 0 Å². The van der Waals surface area contributed by atoms with Gasteiger partial charge in [-0.15, -0.1) is 10.2 Å². The molecule has 158 valence electrons. The fourth-order valence-electron chi connectivity index (χ4n) is 2.92. The van der Waals surface area contributed by atoms with Crippen molar-refractivity contribution in [2.45, 2.75) is 31.0 Å². The van der Waals surface area contributed by atoms with Crippen LogP contribution < -0.4 is 10.1 Å². The molecule has 30 heavy (non-hydrogen) atoms. The Morgan fingerprint density at radius 1 is 1.17 bits per heavy atom. The quantitative estimate of drug-likeness (QED) is 0.468. The van der Waals surface area contributed by atoms with Crippen LogP contribution in [0.15, 0.2) is 59.8 Å². The van der Waals surface area contributed by atoms with Crippen LogP contribution in [0, 0.1) is 0 Å². The third-order valence-electron chi connectivity index (χ3n) is 4.75. The standard InChI is InChI=1S/C22H25ClN4O2S/c1-3-16(17-7-5-4-6-8-17)13-24-21(28)15-30-22-26-25-20(27(22)2)14-29-19-11-9-18(23)10-12-19/h4-12,16H,3,13-15H2,1-2H3,(H,24,28)/t16-/m1/s1. The topological polar surface area (TPSA) is 69.0 Å². The molecular weight excluding hydrogens is 420 g/mol. The van der Waals surface area contributed by atoms with Gasteiger partial charge in [0.25, 0.3) is 0 Å². The van der Waals surface area contributed by atoms with Crippen LogP contribution >= 0.6 is 23.4 Å². The van der Waals surface area contributed by atoms with Gasteiger partial charge < -0.3 is 14.6 Å². The maximum Gasteiger partial charge on any atom is 0.230 e. The highest BCUT2D eigenvalue weighted by Crippen LogP contribution is 2.20. The monoisotopic (exact) mass is 444 g/mol. The number of aromatic nitrogens is 3. The number of rotatable bonds is 10. The SMILES string of the molecule is CC[C@H](CNC(=O)CSc1nnc(COc2ccc(Cl)cc2)n1C)c1ccccc1. The van der Waals surface area contributed by atoms with E-state index in [1.807, 2.05) is 29.8 Å². The van der Waals surface area contributed by atoms with E-state index in [2.05, 4.69) is 34.6 Å². The second-order valence-electron chi connectivity index (χ2n) is 6.81. The van der Waals surface area contributed by atoms with Crippen LogP contribution in [0.3, 0.4) is 0 Å². The maximum atomic E-state index is 12.3. The number of amides is 1. The molecular formula is C22H25ClN4O2S. The van der Waals surface area contributed by atoms with Gasteiger partial charge in [0.05, 0.1) is 5.75 Å². The Hall–Kier alpha value is -2.51. The zero-order chi connectivity index (χ0) is 21.3. The molecule has 3 rings (SSSR count). The van der Waals surface area contributed by atoms with Crippen molar-refractivity contribution in [3.05, 3.63) is 71.0 Å². The lowest BCUT2D eigenvalue weighted by Crippen LogP contribution is -2.29. The van der Waals surface area contributed by atoms with Crippen LogP contribution in [0.5, 0.6) is 5.75 Å². The van der Waals surface area contributed by atoms with Crippen LogP contribution in [0.1, 0.15) is 30.7 Å². The van der Waals surface area contributed by atoms with Crippen molar-refractivity contribution in [3.8, 4) is 5.75 Å². The summed E-state index contributed by atoms with van der Waals surface area (Å²) >= 11 is 7.24. The fraction of sp³-hybridized carbons (Fsp3) is 0.318. The van der Waals surface area contributed by atoms with Crippen LogP contribution in [0.2, 0.25) is 5.02 Å². The van der Waals surface area contributed by atoms with E-state index in [1.54, 1.807) is 24.3 Å². The number of carbonyl (C=O) groups is 1.